The predicted molar refractivity (Wildman–Crippen MR) is 119 cm³/mol. The zero-order chi connectivity index (χ0) is 22.5. The lowest BCUT2D eigenvalue weighted by atomic mass is 10.1. The smallest absolute Gasteiger partial charge is 0.252 e. The summed E-state index contributed by atoms with van der Waals surface area (Å²) in [6.07, 6.45) is 2.97. The zero-order valence-electron chi connectivity index (χ0n) is 17.8. The van der Waals surface area contributed by atoms with Gasteiger partial charge in [-0.05, 0) is 42.7 Å². The fourth-order valence-corrected chi connectivity index (χ4v) is 3.21. The molecule has 1 aromatic carbocycles. The largest absolute Gasteiger partial charge is 0.497 e. The first kappa shape index (κ1) is 21.1. The number of amides is 1. The summed E-state index contributed by atoms with van der Waals surface area (Å²) in [6, 6.07) is 14.2. The highest BCUT2D eigenvalue weighted by Gasteiger charge is 2.17. The number of furan rings is 1. The van der Waals surface area contributed by atoms with Crippen molar-refractivity contribution in [2.24, 2.45) is 0 Å². The Labute approximate surface area is 184 Å². The van der Waals surface area contributed by atoms with Gasteiger partial charge in [0.2, 0.25) is 11.9 Å². The van der Waals surface area contributed by atoms with E-state index in [0.717, 1.165) is 11.3 Å². The second-order valence-electron chi connectivity index (χ2n) is 7.11. The van der Waals surface area contributed by atoms with Crippen LogP contribution in [0.1, 0.15) is 24.6 Å². The third-order valence-electron chi connectivity index (χ3n) is 4.90. The highest BCUT2D eigenvalue weighted by molar-refractivity contribution is 5.90. The van der Waals surface area contributed by atoms with Crippen LogP contribution in [0.5, 0.6) is 5.75 Å². The Morgan fingerprint density at radius 1 is 1.22 bits per heavy atom. The second kappa shape index (κ2) is 9.34. The third kappa shape index (κ3) is 4.77. The van der Waals surface area contributed by atoms with Crippen LogP contribution in [0.25, 0.3) is 17.4 Å². The fraction of sp³-hybridized carbons (Fsp3) is 0.217. The van der Waals surface area contributed by atoms with Crippen LogP contribution in [-0.4, -0.2) is 32.8 Å². The van der Waals surface area contributed by atoms with Crippen LogP contribution in [0.4, 0.5) is 5.82 Å². The molecule has 0 atom stereocenters. The second-order valence-corrected chi connectivity index (χ2v) is 7.11. The van der Waals surface area contributed by atoms with Crippen molar-refractivity contribution in [3.8, 4) is 23.2 Å². The highest BCUT2D eigenvalue weighted by Crippen LogP contribution is 2.24. The molecule has 164 valence electrons. The van der Waals surface area contributed by atoms with Crippen LogP contribution >= 0.6 is 0 Å². The van der Waals surface area contributed by atoms with Gasteiger partial charge in [0, 0.05) is 24.2 Å². The Morgan fingerprint density at radius 2 is 2.03 bits per heavy atom. The molecule has 9 nitrogen and oxygen atoms in total. The Balaban J connectivity index is 1.58. The molecule has 32 heavy (non-hydrogen) atoms. The number of benzene rings is 1. The lowest BCUT2D eigenvalue weighted by molar-refractivity contribution is -0.116. The Kier molecular flexibility index (Phi) is 6.16. The van der Waals surface area contributed by atoms with Crippen molar-refractivity contribution >= 4 is 11.7 Å². The number of hydrogen-bond donors (Lipinski definition) is 2. The molecule has 0 spiro atoms. The molecular formula is C23H23N5O4. The molecule has 0 radical (unpaired) electrons. The Hall–Kier alpha value is -4.14. The third-order valence-corrected chi connectivity index (χ3v) is 4.90. The van der Waals surface area contributed by atoms with E-state index < -0.39 is 0 Å². The van der Waals surface area contributed by atoms with Crippen LogP contribution < -0.4 is 15.6 Å². The van der Waals surface area contributed by atoms with Gasteiger partial charge in [0.15, 0.2) is 5.76 Å². The predicted octanol–water partition coefficient (Wildman–Crippen LogP) is 3.36. The van der Waals surface area contributed by atoms with Crippen molar-refractivity contribution in [3.63, 3.8) is 0 Å². The fourth-order valence-electron chi connectivity index (χ4n) is 3.21. The number of carbonyl (C=O) groups is 1. The van der Waals surface area contributed by atoms with Crippen molar-refractivity contribution in [1.82, 2.24) is 19.7 Å². The Morgan fingerprint density at radius 3 is 2.72 bits per heavy atom. The molecule has 3 aromatic heterocycles. The van der Waals surface area contributed by atoms with Gasteiger partial charge in [-0.1, -0.05) is 19.1 Å². The number of aromatic amines is 1. The number of anilines is 1. The average Bonchev–Trinajstić information content (AvgIpc) is 3.48. The van der Waals surface area contributed by atoms with E-state index >= 15 is 0 Å². The van der Waals surface area contributed by atoms with Crippen LogP contribution in [0, 0.1) is 0 Å². The number of nitrogens with zero attached hydrogens (tertiary/aromatic N) is 3. The maximum atomic E-state index is 12.7. The zero-order valence-corrected chi connectivity index (χ0v) is 17.8. The van der Waals surface area contributed by atoms with E-state index in [4.69, 9.17) is 9.15 Å². The number of H-pyrrole nitrogens is 1. The summed E-state index contributed by atoms with van der Waals surface area (Å²) in [6.45, 7) is 1.91. The van der Waals surface area contributed by atoms with Crippen LogP contribution in [0.3, 0.4) is 0 Å². The van der Waals surface area contributed by atoms with Gasteiger partial charge in [0.05, 0.1) is 13.4 Å². The molecule has 0 aliphatic heterocycles. The van der Waals surface area contributed by atoms with E-state index in [1.807, 2.05) is 31.2 Å². The van der Waals surface area contributed by atoms with Gasteiger partial charge in [-0.25, -0.2) is 4.98 Å². The molecule has 2 N–H and O–H groups in total. The molecule has 0 saturated heterocycles. The first-order valence-corrected chi connectivity index (χ1v) is 10.2. The van der Waals surface area contributed by atoms with Crippen molar-refractivity contribution in [2.75, 3.05) is 12.4 Å². The number of methoxy groups -OCH3 is 1. The molecule has 0 saturated carbocycles. The van der Waals surface area contributed by atoms with Gasteiger partial charge in [0.25, 0.3) is 5.56 Å². The summed E-state index contributed by atoms with van der Waals surface area (Å²) >= 11 is 0. The van der Waals surface area contributed by atoms with Crippen LogP contribution in [-0.2, 0) is 17.6 Å². The maximum Gasteiger partial charge on any atom is 0.252 e. The van der Waals surface area contributed by atoms with Gasteiger partial charge >= 0.3 is 0 Å². The molecule has 4 rings (SSSR count). The number of aromatic nitrogens is 4. The minimum absolute atomic E-state index is 0.193. The highest BCUT2D eigenvalue weighted by atomic mass is 16.5. The number of hydrogen-bond acceptors (Lipinski definition) is 6. The van der Waals surface area contributed by atoms with Gasteiger partial charge in [-0.15, -0.1) is 0 Å². The molecule has 1 amide bonds. The molecule has 9 heteroatoms. The SMILES string of the molecule is CCc1cc(=O)[nH]c(-n2nc(-c3ccco3)cc2NC(=O)CCc2ccc(OC)cc2)n1. The van der Waals surface area contributed by atoms with Gasteiger partial charge in [-0.3, -0.25) is 14.6 Å². The van der Waals surface area contributed by atoms with Crippen molar-refractivity contribution in [1.29, 1.82) is 0 Å². The molecule has 0 fully saturated rings. The monoisotopic (exact) mass is 433 g/mol. The number of nitrogens with one attached hydrogen (secondary N) is 2. The van der Waals surface area contributed by atoms with E-state index in [2.05, 4.69) is 20.4 Å². The van der Waals surface area contributed by atoms with E-state index in [9.17, 15) is 9.59 Å². The number of rotatable bonds is 8. The summed E-state index contributed by atoms with van der Waals surface area (Å²) in [7, 11) is 1.61. The summed E-state index contributed by atoms with van der Waals surface area (Å²) in [5, 5.41) is 7.37. The lowest BCUT2D eigenvalue weighted by Gasteiger charge is -2.09. The lowest BCUT2D eigenvalue weighted by Crippen LogP contribution is -2.19. The summed E-state index contributed by atoms with van der Waals surface area (Å²) in [5.41, 5.74) is 1.85. The maximum absolute atomic E-state index is 12.7. The average molecular weight is 433 g/mol. The van der Waals surface area contributed by atoms with E-state index in [1.54, 1.807) is 31.6 Å². The van der Waals surface area contributed by atoms with Crippen molar-refractivity contribution in [2.45, 2.75) is 26.2 Å². The number of carbonyl (C=O) groups excluding carboxylic acids is 1. The first-order chi connectivity index (χ1) is 15.6. The quantitative estimate of drug-likeness (QED) is 0.440. The molecule has 3 heterocycles. The van der Waals surface area contributed by atoms with E-state index in [0.29, 0.717) is 35.8 Å². The van der Waals surface area contributed by atoms with E-state index in [-0.39, 0.29) is 23.8 Å². The molecule has 0 aliphatic rings. The minimum Gasteiger partial charge on any atom is -0.497 e. The van der Waals surface area contributed by atoms with Gasteiger partial charge in [-0.2, -0.15) is 9.78 Å². The number of aryl methyl sites for hydroxylation is 2. The topological polar surface area (TPSA) is 115 Å². The van der Waals surface area contributed by atoms with E-state index in [1.165, 1.54) is 10.7 Å². The standard InChI is InChI=1S/C23H23N5O4/c1-3-16-13-22(30)26-23(24-16)28-20(14-18(27-28)19-5-4-12-32-19)25-21(29)11-8-15-6-9-17(31-2)10-7-15/h4-7,9-10,12-14H,3,8,11H2,1-2H3,(H,25,29)(H,24,26,30). The van der Waals surface area contributed by atoms with Crippen LogP contribution in [0.15, 0.2) is 64.0 Å². The minimum atomic E-state index is -0.293. The normalized spacial score (nSPS) is 10.8. The van der Waals surface area contributed by atoms with Crippen molar-refractivity contribution < 1.29 is 13.9 Å². The van der Waals surface area contributed by atoms with Gasteiger partial charge < -0.3 is 14.5 Å². The summed E-state index contributed by atoms with van der Waals surface area (Å²) in [5.74, 6) is 1.71. The molecule has 0 aliphatic carbocycles. The molecule has 4 aromatic rings. The molecule has 0 unspecified atom stereocenters. The summed E-state index contributed by atoms with van der Waals surface area (Å²) < 4.78 is 12.0. The Bertz CT molecular complexity index is 1260. The number of ether oxygens (including phenoxy) is 1. The molecule has 0 bridgehead atoms. The summed E-state index contributed by atoms with van der Waals surface area (Å²) in [4.78, 5) is 31.9. The van der Waals surface area contributed by atoms with Crippen LogP contribution in [0.2, 0.25) is 0 Å². The van der Waals surface area contributed by atoms with Gasteiger partial charge in [0.1, 0.15) is 17.3 Å². The van der Waals surface area contributed by atoms with Crippen molar-refractivity contribution in [3.05, 3.63) is 76.4 Å². The molecular weight excluding hydrogens is 410 g/mol. The first-order valence-electron chi connectivity index (χ1n) is 10.2.